The van der Waals surface area contributed by atoms with Crippen LogP contribution in [-0.4, -0.2) is 44.5 Å². The normalized spacial score (nSPS) is 20.6. The first-order chi connectivity index (χ1) is 12.6. The van der Waals surface area contributed by atoms with E-state index in [-0.39, 0.29) is 36.5 Å². The van der Waals surface area contributed by atoms with Gasteiger partial charge in [0.1, 0.15) is 6.54 Å². The van der Waals surface area contributed by atoms with E-state index in [4.69, 9.17) is 0 Å². The maximum Gasteiger partial charge on any atom is 0.449 e. The Morgan fingerprint density at radius 1 is 1.30 bits per heavy atom. The maximum atomic E-state index is 13.4. The average Bonchev–Trinajstić information content (AvgIpc) is 3.18. The number of aromatic nitrogens is 2. The van der Waals surface area contributed by atoms with E-state index in [2.05, 4.69) is 4.98 Å². The van der Waals surface area contributed by atoms with Gasteiger partial charge in [-0.15, -0.1) is 0 Å². The van der Waals surface area contributed by atoms with Crippen LogP contribution < -0.4 is 0 Å². The second kappa shape index (κ2) is 6.54. The van der Waals surface area contributed by atoms with Crippen molar-refractivity contribution in [3.63, 3.8) is 0 Å². The van der Waals surface area contributed by atoms with Crippen LogP contribution in [-0.2, 0) is 22.3 Å². The van der Waals surface area contributed by atoms with Crippen molar-refractivity contribution in [1.82, 2.24) is 14.5 Å². The summed E-state index contributed by atoms with van der Waals surface area (Å²) in [6, 6.07) is 6.08. The lowest BCUT2D eigenvalue weighted by Crippen LogP contribution is -2.41. The highest BCUT2D eigenvalue weighted by atomic mass is 19.4. The van der Waals surface area contributed by atoms with Gasteiger partial charge in [-0.1, -0.05) is 26.0 Å². The molecule has 1 aliphatic rings. The van der Waals surface area contributed by atoms with Crippen molar-refractivity contribution in [2.75, 3.05) is 13.1 Å². The molecule has 3 rings (SSSR count). The van der Waals surface area contributed by atoms with E-state index < -0.39 is 35.8 Å². The molecule has 6 nitrogen and oxygen atoms in total. The van der Waals surface area contributed by atoms with E-state index in [1.54, 1.807) is 26.0 Å². The van der Waals surface area contributed by atoms with Gasteiger partial charge in [0.15, 0.2) is 0 Å². The lowest BCUT2D eigenvalue weighted by atomic mass is 9.76. The summed E-state index contributed by atoms with van der Waals surface area (Å²) >= 11 is 0. The van der Waals surface area contributed by atoms with Crippen LogP contribution in [0.2, 0.25) is 0 Å². The molecule has 2 heterocycles. The molecule has 0 bridgehead atoms. The number of para-hydroxylation sites is 2. The number of amides is 1. The molecule has 0 spiro atoms. The number of carboxylic acid groups (broad SMARTS) is 1. The highest BCUT2D eigenvalue weighted by molar-refractivity contribution is 5.83. The van der Waals surface area contributed by atoms with Gasteiger partial charge in [-0.3, -0.25) is 9.59 Å². The summed E-state index contributed by atoms with van der Waals surface area (Å²) in [6.07, 6.45) is -4.42. The van der Waals surface area contributed by atoms with Gasteiger partial charge in [0, 0.05) is 13.1 Å². The molecule has 1 amide bonds. The molecule has 146 valence electrons. The minimum absolute atomic E-state index is 0.00713. The Hall–Kier alpha value is -2.58. The molecule has 1 aliphatic heterocycles. The smallest absolute Gasteiger partial charge is 0.449 e. The van der Waals surface area contributed by atoms with Gasteiger partial charge in [0.2, 0.25) is 11.7 Å². The quantitative estimate of drug-likeness (QED) is 0.881. The van der Waals surface area contributed by atoms with E-state index in [0.29, 0.717) is 0 Å². The Morgan fingerprint density at radius 2 is 1.96 bits per heavy atom. The number of carbonyl (C=O) groups excluding carboxylic acids is 1. The van der Waals surface area contributed by atoms with Crippen LogP contribution in [0.5, 0.6) is 0 Å². The molecule has 1 unspecified atom stereocenters. The van der Waals surface area contributed by atoms with Crippen LogP contribution in [0, 0.1) is 11.3 Å². The molecule has 1 saturated heterocycles. The number of halogens is 3. The number of carboxylic acids is 1. The van der Waals surface area contributed by atoms with Crippen LogP contribution >= 0.6 is 0 Å². The fourth-order valence-electron chi connectivity index (χ4n) is 3.63. The third kappa shape index (κ3) is 3.26. The van der Waals surface area contributed by atoms with Gasteiger partial charge >= 0.3 is 12.1 Å². The molecular formula is C18H20F3N3O3. The summed E-state index contributed by atoms with van der Waals surface area (Å²) in [4.78, 5) is 29.4. The molecule has 1 fully saturated rings. The Kier molecular flexibility index (Phi) is 4.65. The SMILES string of the molecule is CC(C)C1(C(=O)O)CCN(C(=O)Cn2c(C(F)(F)F)nc3ccccc32)C1. The monoisotopic (exact) mass is 383 g/mol. The van der Waals surface area contributed by atoms with Crippen molar-refractivity contribution < 1.29 is 27.9 Å². The molecular weight excluding hydrogens is 363 g/mol. The molecule has 27 heavy (non-hydrogen) atoms. The zero-order valence-corrected chi connectivity index (χ0v) is 15.0. The molecule has 2 aromatic rings. The largest absolute Gasteiger partial charge is 0.481 e. The van der Waals surface area contributed by atoms with Crippen molar-refractivity contribution in [3.05, 3.63) is 30.1 Å². The number of hydrogen-bond donors (Lipinski definition) is 1. The second-order valence-electron chi connectivity index (χ2n) is 7.19. The van der Waals surface area contributed by atoms with Gasteiger partial charge in [0.05, 0.1) is 16.4 Å². The standard InChI is InChI=1S/C18H20F3N3O3/c1-11(2)17(16(26)27)7-8-23(10-17)14(25)9-24-13-6-4-3-5-12(13)22-15(24)18(19,20)21/h3-6,11H,7-10H2,1-2H3,(H,26,27). The first kappa shape index (κ1) is 19.2. The summed E-state index contributed by atoms with van der Waals surface area (Å²) in [7, 11) is 0. The number of likely N-dealkylation sites (tertiary alicyclic amines) is 1. The predicted octanol–water partition coefficient (Wildman–Crippen LogP) is 3.01. The van der Waals surface area contributed by atoms with E-state index >= 15 is 0 Å². The molecule has 0 radical (unpaired) electrons. The minimum atomic E-state index is -4.70. The van der Waals surface area contributed by atoms with Crippen LogP contribution in [0.1, 0.15) is 26.1 Å². The highest BCUT2D eigenvalue weighted by Gasteiger charge is 2.48. The Balaban J connectivity index is 1.90. The number of benzene rings is 1. The van der Waals surface area contributed by atoms with Crippen molar-refractivity contribution in [3.8, 4) is 0 Å². The Labute approximate surface area is 153 Å². The molecule has 0 aliphatic carbocycles. The van der Waals surface area contributed by atoms with Gasteiger partial charge in [-0.2, -0.15) is 13.2 Å². The fourth-order valence-corrected chi connectivity index (χ4v) is 3.63. The number of rotatable bonds is 4. The van der Waals surface area contributed by atoms with Gasteiger partial charge in [-0.25, -0.2) is 4.98 Å². The summed E-state index contributed by atoms with van der Waals surface area (Å²) in [5.74, 6) is -2.87. The molecule has 1 aromatic heterocycles. The summed E-state index contributed by atoms with van der Waals surface area (Å²) in [5.41, 5.74) is -0.702. The number of carbonyl (C=O) groups is 2. The third-order valence-corrected chi connectivity index (χ3v) is 5.39. The second-order valence-corrected chi connectivity index (χ2v) is 7.19. The lowest BCUT2D eigenvalue weighted by Gasteiger charge is -2.28. The van der Waals surface area contributed by atoms with E-state index in [1.165, 1.54) is 17.0 Å². The fraction of sp³-hybridized carbons (Fsp3) is 0.500. The van der Waals surface area contributed by atoms with E-state index in [0.717, 1.165) is 4.57 Å². The molecule has 9 heteroatoms. The summed E-state index contributed by atoms with van der Waals surface area (Å²) in [5, 5.41) is 9.58. The number of fused-ring (bicyclic) bond motifs is 1. The van der Waals surface area contributed by atoms with Crippen molar-refractivity contribution in [1.29, 1.82) is 0 Å². The molecule has 0 saturated carbocycles. The third-order valence-electron chi connectivity index (χ3n) is 5.39. The molecule has 1 N–H and O–H groups in total. The molecule has 1 aromatic carbocycles. The maximum absolute atomic E-state index is 13.4. The zero-order chi connectivity index (χ0) is 20.0. The molecule has 1 atom stereocenters. The van der Waals surface area contributed by atoms with Crippen molar-refractivity contribution >= 4 is 22.9 Å². The van der Waals surface area contributed by atoms with Crippen LogP contribution in [0.4, 0.5) is 13.2 Å². The van der Waals surface area contributed by atoms with Crippen LogP contribution in [0.15, 0.2) is 24.3 Å². The summed E-state index contributed by atoms with van der Waals surface area (Å²) in [6.45, 7) is 3.20. The first-order valence-corrected chi connectivity index (χ1v) is 8.60. The van der Waals surface area contributed by atoms with Crippen molar-refractivity contribution in [2.45, 2.75) is 33.0 Å². The van der Waals surface area contributed by atoms with Gasteiger partial charge < -0.3 is 14.6 Å². The highest BCUT2D eigenvalue weighted by Crippen LogP contribution is 2.38. The lowest BCUT2D eigenvalue weighted by molar-refractivity contribution is -0.151. The number of hydrogen-bond acceptors (Lipinski definition) is 3. The predicted molar refractivity (Wildman–Crippen MR) is 90.8 cm³/mol. The number of nitrogens with zero attached hydrogens (tertiary/aromatic N) is 3. The van der Waals surface area contributed by atoms with Crippen molar-refractivity contribution in [2.24, 2.45) is 11.3 Å². The van der Waals surface area contributed by atoms with Gasteiger partial charge in [-0.05, 0) is 24.5 Å². The number of aliphatic carboxylic acids is 1. The van der Waals surface area contributed by atoms with E-state index in [9.17, 15) is 27.9 Å². The van der Waals surface area contributed by atoms with Crippen LogP contribution in [0.25, 0.3) is 11.0 Å². The minimum Gasteiger partial charge on any atom is -0.481 e. The zero-order valence-electron chi connectivity index (χ0n) is 15.0. The number of alkyl halides is 3. The van der Waals surface area contributed by atoms with E-state index in [1.807, 2.05) is 0 Å². The Morgan fingerprint density at radius 3 is 2.52 bits per heavy atom. The Bertz CT molecular complexity index is 891. The van der Waals surface area contributed by atoms with Gasteiger partial charge in [0.25, 0.3) is 0 Å². The van der Waals surface area contributed by atoms with Crippen LogP contribution in [0.3, 0.4) is 0 Å². The average molecular weight is 383 g/mol. The summed E-state index contributed by atoms with van der Waals surface area (Å²) < 4.78 is 40.9. The first-order valence-electron chi connectivity index (χ1n) is 8.60. The number of imidazole rings is 1. The topological polar surface area (TPSA) is 75.4 Å².